The average Bonchev–Trinajstić information content (AvgIpc) is 3.44. The first-order valence-electron chi connectivity index (χ1n) is 8.53. The Morgan fingerprint density at radius 3 is 2.58 bits per heavy atom. The molecule has 132 valence electrons. The number of rotatable bonds is 5. The molecule has 3 N–H and O–H groups in total. The highest BCUT2D eigenvalue weighted by atomic mass is 35.5. The molecule has 0 spiro atoms. The summed E-state index contributed by atoms with van der Waals surface area (Å²) >= 11 is 0. The normalized spacial score (nSPS) is 21.5. The molecule has 0 aromatic heterocycles. The summed E-state index contributed by atoms with van der Waals surface area (Å²) in [6, 6.07) is 9.33. The van der Waals surface area contributed by atoms with Crippen molar-refractivity contribution in [3.63, 3.8) is 0 Å². The number of nitrogens with one attached hydrogen (secondary N) is 1. The Morgan fingerprint density at radius 1 is 1.21 bits per heavy atom. The summed E-state index contributed by atoms with van der Waals surface area (Å²) in [5, 5.41) is 2.97. The molecule has 3 rings (SSSR count). The lowest BCUT2D eigenvalue weighted by atomic mass is 9.96. The first kappa shape index (κ1) is 18.7. The fourth-order valence-corrected chi connectivity index (χ4v) is 3.19. The fraction of sp³-hybridized carbons (Fsp3) is 0.556. The third kappa shape index (κ3) is 4.71. The van der Waals surface area contributed by atoms with E-state index in [9.17, 15) is 9.59 Å². The molecule has 1 aromatic rings. The van der Waals surface area contributed by atoms with E-state index in [0.717, 1.165) is 19.4 Å². The lowest BCUT2D eigenvalue weighted by molar-refractivity contribution is -0.126. The van der Waals surface area contributed by atoms with Crippen LogP contribution < -0.4 is 11.1 Å². The number of nitrogens with two attached hydrogens (primary N) is 1. The molecule has 1 saturated heterocycles. The van der Waals surface area contributed by atoms with Crippen LogP contribution in [0.15, 0.2) is 30.3 Å². The molecular weight excluding hydrogens is 326 g/mol. The molecule has 0 radical (unpaired) electrons. The lowest BCUT2D eigenvalue weighted by Crippen LogP contribution is -2.47. The van der Waals surface area contributed by atoms with Gasteiger partial charge in [-0.2, -0.15) is 0 Å². The summed E-state index contributed by atoms with van der Waals surface area (Å²) in [4.78, 5) is 26.6. The highest BCUT2D eigenvalue weighted by molar-refractivity contribution is 5.94. The van der Waals surface area contributed by atoms with Gasteiger partial charge >= 0.3 is 0 Å². The van der Waals surface area contributed by atoms with Gasteiger partial charge in [-0.1, -0.05) is 18.2 Å². The number of carbonyl (C=O) groups excluding carboxylic acids is 2. The second-order valence-corrected chi connectivity index (χ2v) is 6.70. The van der Waals surface area contributed by atoms with Gasteiger partial charge in [-0.3, -0.25) is 9.59 Å². The van der Waals surface area contributed by atoms with E-state index < -0.39 is 0 Å². The summed E-state index contributed by atoms with van der Waals surface area (Å²) < 4.78 is 0. The van der Waals surface area contributed by atoms with Crippen molar-refractivity contribution >= 4 is 24.2 Å². The van der Waals surface area contributed by atoms with Gasteiger partial charge in [-0.05, 0) is 43.7 Å². The maximum Gasteiger partial charge on any atom is 0.253 e. The maximum absolute atomic E-state index is 12.5. The molecular formula is C18H26ClN3O2. The van der Waals surface area contributed by atoms with Crippen LogP contribution in [0, 0.1) is 11.8 Å². The summed E-state index contributed by atoms with van der Waals surface area (Å²) in [7, 11) is 0. The Morgan fingerprint density at radius 2 is 1.92 bits per heavy atom. The fourth-order valence-electron chi connectivity index (χ4n) is 3.19. The predicted octanol–water partition coefficient (Wildman–Crippen LogP) is 1.81. The van der Waals surface area contributed by atoms with Crippen LogP contribution in [0.25, 0.3) is 0 Å². The van der Waals surface area contributed by atoms with E-state index >= 15 is 0 Å². The first-order valence-corrected chi connectivity index (χ1v) is 8.53. The molecule has 2 fully saturated rings. The second kappa shape index (κ2) is 8.49. The first-order chi connectivity index (χ1) is 11.1. The van der Waals surface area contributed by atoms with Crippen molar-refractivity contribution in [1.29, 1.82) is 0 Å². The number of amides is 2. The third-order valence-electron chi connectivity index (χ3n) is 4.84. The molecule has 2 unspecified atom stereocenters. The molecule has 24 heavy (non-hydrogen) atoms. The maximum atomic E-state index is 12.5. The van der Waals surface area contributed by atoms with Crippen molar-refractivity contribution in [2.75, 3.05) is 19.6 Å². The van der Waals surface area contributed by atoms with E-state index in [4.69, 9.17) is 5.73 Å². The van der Waals surface area contributed by atoms with Crippen LogP contribution in [0.5, 0.6) is 0 Å². The molecule has 6 heteroatoms. The molecule has 0 bridgehead atoms. The Bertz CT molecular complexity index is 563. The smallest absolute Gasteiger partial charge is 0.253 e. The van der Waals surface area contributed by atoms with Crippen LogP contribution in [0.4, 0.5) is 0 Å². The number of benzene rings is 1. The van der Waals surface area contributed by atoms with Crippen LogP contribution in [0.3, 0.4) is 0 Å². The number of piperidine rings is 1. The minimum absolute atomic E-state index is 0. The largest absolute Gasteiger partial charge is 0.354 e. The summed E-state index contributed by atoms with van der Waals surface area (Å²) in [6.45, 7) is 1.77. The van der Waals surface area contributed by atoms with Crippen molar-refractivity contribution in [2.45, 2.75) is 31.7 Å². The summed E-state index contributed by atoms with van der Waals surface area (Å²) in [5.41, 5.74) is 6.71. The van der Waals surface area contributed by atoms with Gasteiger partial charge in [0.2, 0.25) is 5.91 Å². The van der Waals surface area contributed by atoms with Gasteiger partial charge in [0.15, 0.2) is 0 Å². The molecule has 1 aliphatic heterocycles. The van der Waals surface area contributed by atoms with Crippen LogP contribution >= 0.6 is 12.4 Å². The SMILES string of the molecule is Cl.NC(CNC(=O)C1CCCN(C(=O)c2ccccc2)C1)C1CC1. The van der Waals surface area contributed by atoms with Crippen molar-refractivity contribution in [3.8, 4) is 0 Å². The van der Waals surface area contributed by atoms with Crippen LogP contribution in [0.2, 0.25) is 0 Å². The molecule has 1 aromatic carbocycles. The monoisotopic (exact) mass is 351 g/mol. The Balaban J connectivity index is 0.00000208. The van der Waals surface area contributed by atoms with E-state index in [-0.39, 0.29) is 36.2 Å². The molecule has 1 aliphatic carbocycles. The molecule has 5 nitrogen and oxygen atoms in total. The topological polar surface area (TPSA) is 75.4 Å². The quantitative estimate of drug-likeness (QED) is 0.849. The van der Waals surface area contributed by atoms with E-state index in [2.05, 4.69) is 5.32 Å². The van der Waals surface area contributed by atoms with Gasteiger partial charge in [-0.25, -0.2) is 0 Å². The van der Waals surface area contributed by atoms with Gasteiger partial charge in [0, 0.05) is 31.2 Å². The minimum atomic E-state index is -0.122. The van der Waals surface area contributed by atoms with Gasteiger partial charge in [0.1, 0.15) is 0 Å². The number of likely N-dealkylation sites (tertiary alicyclic amines) is 1. The molecule has 2 atom stereocenters. The zero-order valence-corrected chi connectivity index (χ0v) is 14.6. The zero-order valence-electron chi connectivity index (χ0n) is 13.8. The number of hydrogen-bond donors (Lipinski definition) is 2. The average molecular weight is 352 g/mol. The molecule has 2 amide bonds. The predicted molar refractivity (Wildman–Crippen MR) is 96.0 cm³/mol. The Kier molecular flexibility index (Phi) is 6.63. The molecule has 1 heterocycles. The van der Waals surface area contributed by atoms with E-state index in [1.807, 2.05) is 30.3 Å². The second-order valence-electron chi connectivity index (χ2n) is 6.70. The zero-order chi connectivity index (χ0) is 16.2. The van der Waals surface area contributed by atoms with Crippen molar-refractivity contribution in [3.05, 3.63) is 35.9 Å². The molecule has 2 aliphatic rings. The van der Waals surface area contributed by atoms with Crippen molar-refractivity contribution in [1.82, 2.24) is 10.2 Å². The van der Waals surface area contributed by atoms with Crippen molar-refractivity contribution < 1.29 is 9.59 Å². The van der Waals surface area contributed by atoms with E-state index in [0.29, 0.717) is 24.6 Å². The van der Waals surface area contributed by atoms with Gasteiger partial charge in [0.25, 0.3) is 5.91 Å². The van der Waals surface area contributed by atoms with Crippen LogP contribution in [-0.2, 0) is 4.79 Å². The Labute approximate surface area is 149 Å². The Hall–Kier alpha value is -1.59. The highest BCUT2D eigenvalue weighted by Crippen LogP contribution is 2.31. The number of hydrogen-bond acceptors (Lipinski definition) is 3. The summed E-state index contributed by atoms with van der Waals surface area (Å²) in [6.07, 6.45) is 4.06. The minimum Gasteiger partial charge on any atom is -0.354 e. The standard InChI is InChI=1S/C18H25N3O2.ClH/c19-16(13-8-9-13)11-20-17(22)15-7-4-10-21(12-15)18(23)14-5-2-1-3-6-14;/h1-3,5-6,13,15-16H,4,7-12,19H2,(H,20,22);1H. The number of halogens is 1. The van der Waals surface area contributed by atoms with Gasteiger partial charge in [0.05, 0.1) is 5.92 Å². The van der Waals surface area contributed by atoms with Gasteiger partial charge < -0.3 is 16.0 Å². The van der Waals surface area contributed by atoms with Crippen LogP contribution in [0.1, 0.15) is 36.0 Å². The van der Waals surface area contributed by atoms with E-state index in [1.165, 1.54) is 12.8 Å². The van der Waals surface area contributed by atoms with Gasteiger partial charge in [-0.15, -0.1) is 12.4 Å². The highest BCUT2D eigenvalue weighted by Gasteiger charge is 2.31. The summed E-state index contributed by atoms with van der Waals surface area (Å²) in [5.74, 6) is 0.505. The van der Waals surface area contributed by atoms with E-state index in [1.54, 1.807) is 4.90 Å². The number of carbonyl (C=O) groups is 2. The molecule has 1 saturated carbocycles. The van der Waals surface area contributed by atoms with Crippen molar-refractivity contribution in [2.24, 2.45) is 17.6 Å². The third-order valence-corrected chi connectivity index (χ3v) is 4.84. The van der Waals surface area contributed by atoms with Crippen LogP contribution in [-0.4, -0.2) is 42.4 Å². The lowest BCUT2D eigenvalue weighted by Gasteiger charge is -2.32. The number of nitrogens with zero attached hydrogens (tertiary/aromatic N) is 1.